The van der Waals surface area contributed by atoms with Gasteiger partial charge in [0.1, 0.15) is 0 Å². The molecular formula is C32H28BNO2S. The van der Waals surface area contributed by atoms with Gasteiger partial charge < -0.3 is 9.76 Å². The van der Waals surface area contributed by atoms with Crippen LogP contribution in [-0.2, 0) is 10.1 Å². The zero-order chi connectivity index (χ0) is 26.0. The molecule has 0 bridgehead atoms. The smallest absolute Gasteiger partial charge is 0.309 e. The molecule has 4 aromatic carbocycles. The van der Waals surface area contributed by atoms with Crippen molar-refractivity contribution in [1.29, 1.82) is 5.26 Å². The molecule has 0 amide bonds. The Balaban J connectivity index is 1.61. The van der Waals surface area contributed by atoms with E-state index in [1.54, 1.807) is 25.6 Å². The zero-order valence-electron chi connectivity index (χ0n) is 21.5. The van der Waals surface area contributed by atoms with Crippen LogP contribution in [0, 0.1) is 11.3 Å². The zero-order valence-corrected chi connectivity index (χ0v) is 22.3. The van der Waals surface area contributed by atoms with Crippen molar-refractivity contribution in [2.45, 2.75) is 54.1 Å². The third-order valence-corrected chi connectivity index (χ3v) is 9.36. The standard InChI is InChI=1S/C32H28BNO2S/c1-30(2,35)31(3,4)36-33-21-14-16-29-27(18-21)32(25-11-7-8-12-28(25)37-29)24-10-6-5-9-22(24)23-15-13-20(19-34)17-26(23)32/h5-18,33,35H,1-4H3. The van der Waals surface area contributed by atoms with Crippen LogP contribution in [0.25, 0.3) is 11.1 Å². The van der Waals surface area contributed by atoms with E-state index in [1.807, 2.05) is 19.9 Å². The molecular weight excluding hydrogens is 473 g/mol. The monoisotopic (exact) mass is 501 g/mol. The maximum atomic E-state index is 10.6. The summed E-state index contributed by atoms with van der Waals surface area (Å²) in [6, 6.07) is 32.3. The van der Waals surface area contributed by atoms with Crippen molar-refractivity contribution in [2.75, 3.05) is 0 Å². The normalized spacial score (nSPS) is 17.4. The fourth-order valence-electron chi connectivity index (χ4n) is 5.55. The van der Waals surface area contributed by atoms with Crippen LogP contribution in [0.5, 0.6) is 0 Å². The number of rotatable bonds is 4. The van der Waals surface area contributed by atoms with Crippen molar-refractivity contribution < 1.29 is 9.76 Å². The Kier molecular flexibility index (Phi) is 5.44. The van der Waals surface area contributed by atoms with Crippen LogP contribution in [0.15, 0.2) is 94.7 Å². The molecule has 0 saturated carbocycles. The highest BCUT2D eigenvalue weighted by atomic mass is 32.2. The maximum Gasteiger partial charge on any atom is 0.309 e. The number of aliphatic hydroxyl groups is 1. The van der Waals surface area contributed by atoms with Gasteiger partial charge in [0, 0.05) is 9.79 Å². The van der Waals surface area contributed by atoms with E-state index < -0.39 is 16.6 Å². The molecule has 3 nitrogen and oxygen atoms in total. The third kappa shape index (κ3) is 3.51. The van der Waals surface area contributed by atoms with Crippen molar-refractivity contribution in [3.05, 3.63) is 113 Å². The van der Waals surface area contributed by atoms with Gasteiger partial charge in [-0.05, 0) is 85.3 Å². The van der Waals surface area contributed by atoms with E-state index in [0.29, 0.717) is 13.0 Å². The maximum absolute atomic E-state index is 10.6. The Labute approximate surface area is 223 Å². The molecule has 1 spiro atoms. The van der Waals surface area contributed by atoms with Crippen molar-refractivity contribution in [2.24, 2.45) is 0 Å². The lowest BCUT2D eigenvalue weighted by molar-refractivity contribution is -0.0893. The summed E-state index contributed by atoms with van der Waals surface area (Å²) < 4.78 is 6.27. The van der Waals surface area contributed by atoms with Gasteiger partial charge in [0.15, 0.2) is 0 Å². The van der Waals surface area contributed by atoms with E-state index in [1.165, 1.54) is 37.6 Å². The molecule has 0 saturated heterocycles. The van der Waals surface area contributed by atoms with Crippen molar-refractivity contribution in [3.63, 3.8) is 0 Å². The highest BCUT2D eigenvalue weighted by Crippen LogP contribution is 2.61. The predicted octanol–water partition coefficient (Wildman–Crippen LogP) is 5.93. The summed E-state index contributed by atoms with van der Waals surface area (Å²) in [5.41, 5.74) is 6.71. The summed E-state index contributed by atoms with van der Waals surface area (Å²) >= 11 is 1.79. The first kappa shape index (κ1) is 24.1. The summed E-state index contributed by atoms with van der Waals surface area (Å²) in [6.07, 6.45) is 0. The molecule has 1 atom stereocenters. The van der Waals surface area contributed by atoms with Gasteiger partial charge >= 0.3 is 7.48 Å². The van der Waals surface area contributed by atoms with Gasteiger partial charge in [-0.1, -0.05) is 77.9 Å². The Hall–Kier alpha value is -3.30. The molecule has 182 valence electrons. The van der Waals surface area contributed by atoms with Crippen LogP contribution in [-0.4, -0.2) is 23.8 Å². The fourth-order valence-corrected chi connectivity index (χ4v) is 6.72. The Bertz CT molecular complexity index is 1600. The van der Waals surface area contributed by atoms with E-state index >= 15 is 0 Å². The van der Waals surface area contributed by atoms with E-state index in [0.717, 1.165) is 11.0 Å². The van der Waals surface area contributed by atoms with Crippen LogP contribution >= 0.6 is 11.8 Å². The lowest BCUT2D eigenvalue weighted by Crippen LogP contribution is -2.49. The van der Waals surface area contributed by atoms with Crippen molar-refractivity contribution >= 4 is 24.7 Å². The highest BCUT2D eigenvalue weighted by Gasteiger charge is 2.50. The number of nitriles is 1. The molecule has 37 heavy (non-hydrogen) atoms. The predicted molar refractivity (Wildman–Crippen MR) is 151 cm³/mol. The molecule has 1 unspecified atom stereocenters. The van der Waals surface area contributed by atoms with Gasteiger partial charge in [0.05, 0.1) is 28.2 Å². The lowest BCUT2D eigenvalue weighted by atomic mass is 9.66. The number of hydrogen-bond donors (Lipinski definition) is 1. The Morgan fingerprint density at radius 1 is 0.784 bits per heavy atom. The first-order chi connectivity index (χ1) is 17.7. The van der Waals surface area contributed by atoms with Gasteiger partial charge in [-0.25, -0.2) is 0 Å². The van der Waals surface area contributed by atoms with Gasteiger partial charge in [-0.3, -0.25) is 0 Å². The molecule has 5 heteroatoms. The number of nitrogens with zero attached hydrogens (tertiary/aromatic N) is 1. The molecule has 0 fully saturated rings. The molecule has 1 aliphatic heterocycles. The summed E-state index contributed by atoms with van der Waals surface area (Å²) in [5.74, 6) is 0. The summed E-state index contributed by atoms with van der Waals surface area (Å²) in [4.78, 5) is 2.43. The van der Waals surface area contributed by atoms with Gasteiger partial charge in [0.25, 0.3) is 0 Å². The minimum absolute atomic E-state index is 0.388. The summed E-state index contributed by atoms with van der Waals surface area (Å²) in [6.45, 7) is 7.40. The van der Waals surface area contributed by atoms with E-state index in [4.69, 9.17) is 4.65 Å². The van der Waals surface area contributed by atoms with E-state index in [2.05, 4.69) is 84.9 Å². The average molecular weight is 501 g/mol. The summed E-state index contributed by atoms with van der Waals surface area (Å²) in [7, 11) is 0.388. The molecule has 0 radical (unpaired) electrons. The third-order valence-electron chi connectivity index (χ3n) is 8.21. The van der Waals surface area contributed by atoms with Crippen LogP contribution < -0.4 is 5.46 Å². The second-order valence-corrected chi connectivity index (χ2v) is 12.0. The highest BCUT2D eigenvalue weighted by molar-refractivity contribution is 7.99. The second kappa shape index (κ2) is 8.36. The van der Waals surface area contributed by atoms with Crippen molar-refractivity contribution in [3.8, 4) is 17.2 Å². The minimum Gasteiger partial charge on any atom is -0.427 e. The SMILES string of the molecule is CC(C)(O)C(C)(C)OBc1ccc2c(c1)C1(c3ccccc3S2)c2ccccc2-c2ccc(C#N)cc21. The van der Waals surface area contributed by atoms with Gasteiger partial charge in [0.2, 0.25) is 0 Å². The number of benzene rings is 4. The average Bonchev–Trinajstić information content (AvgIpc) is 3.17. The first-order valence-electron chi connectivity index (χ1n) is 12.6. The quantitative estimate of drug-likeness (QED) is 0.305. The summed E-state index contributed by atoms with van der Waals surface area (Å²) in [5, 5.41) is 20.4. The van der Waals surface area contributed by atoms with Crippen LogP contribution in [0.2, 0.25) is 0 Å². The van der Waals surface area contributed by atoms with Crippen LogP contribution in [0.3, 0.4) is 0 Å². The Morgan fingerprint density at radius 2 is 1.46 bits per heavy atom. The van der Waals surface area contributed by atoms with Gasteiger partial charge in [-0.15, -0.1) is 0 Å². The Morgan fingerprint density at radius 3 is 2.22 bits per heavy atom. The second-order valence-electron chi connectivity index (χ2n) is 11.0. The van der Waals surface area contributed by atoms with E-state index in [9.17, 15) is 10.4 Å². The molecule has 1 N–H and O–H groups in total. The number of fused-ring (bicyclic) bond motifs is 9. The molecule has 1 heterocycles. The largest absolute Gasteiger partial charge is 0.427 e. The lowest BCUT2D eigenvalue weighted by Gasteiger charge is -2.40. The fraction of sp³-hybridized carbons (Fsp3) is 0.219. The molecule has 6 rings (SSSR count). The molecule has 2 aliphatic rings. The minimum atomic E-state index is -0.978. The molecule has 1 aliphatic carbocycles. The first-order valence-corrected chi connectivity index (χ1v) is 13.4. The van der Waals surface area contributed by atoms with Crippen LogP contribution in [0.1, 0.15) is 55.5 Å². The van der Waals surface area contributed by atoms with Gasteiger partial charge in [-0.2, -0.15) is 5.26 Å². The van der Waals surface area contributed by atoms with Crippen molar-refractivity contribution in [1.82, 2.24) is 0 Å². The molecule has 4 aromatic rings. The number of hydrogen-bond acceptors (Lipinski definition) is 4. The topological polar surface area (TPSA) is 53.2 Å². The van der Waals surface area contributed by atoms with Crippen LogP contribution in [0.4, 0.5) is 0 Å². The molecule has 0 aromatic heterocycles. The van der Waals surface area contributed by atoms with E-state index in [-0.39, 0.29) is 0 Å².